The van der Waals surface area contributed by atoms with Gasteiger partial charge < -0.3 is 5.32 Å². The van der Waals surface area contributed by atoms with E-state index in [0.29, 0.717) is 6.42 Å². The van der Waals surface area contributed by atoms with E-state index in [1.807, 2.05) is 24.3 Å². The number of benzene rings is 1. The average Bonchev–Trinajstić information content (AvgIpc) is 2.66. The first-order valence-electron chi connectivity index (χ1n) is 5.78. The lowest BCUT2D eigenvalue weighted by Gasteiger charge is -2.18. The molecule has 0 aliphatic rings. The maximum atomic E-state index is 6.12. The summed E-state index contributed by atoms with van der Waals surface area (Å²) in [5.74, 6) is 0.805. The highest BCUT2D eigenvalue weighted by Gasteiger charge is 2.13. The molecule has 1 heterocycles. The minimum Gasteiger partial charge on any atom is -0.356 e. The molecular formula is C13H16ClN3S. The Balaban J connectivity index is 2.10. The molecule has 0 spiro atoms. The molecule has 0 saturated carbocycles. The average molecular weight is 282 g/mol. The summed E-state index contributed by atoms with van der Waals surface area (Å²) in [4.78, 5) is 4.47. The fourth-order valence-electron chi connectivity index (χ4n) is 1.51. The van der Waals surface area contributed by atoms with Crippen LogP contribution in [0.1, 0.15) is 32.2 Å². The number of rotatable bonds is 3. The van der Waals surface area contributed by atoms with Crippen molar-refractivity contribution < 1.29 is 0 Å². The van der Waals surface area contributed by atoms with Crippen LogP contribution in [-0.2, 0) is 6.42 Å². The van der Waals surface area contributed by atoms with Crippen LogP contribution in [0.4, 0.5) is 5.13 Å². The molecule has 0 aliphatic carbocycles. The van der Waals surface area contributed by atoms with E-state index >= 15 is 0 Å². The van der Waals surface area contributed by atoms with E-state index in [9.17, 15) is 0 Å². The zero-order chi connectivity index (χ0) is 13.2. The third kappa shape index (κ3) is 3.68. The van der Waals surface area contributed by atoms with Gasteiger partial charge in [-0.1, -0.05) is 29.8 Å². The first-order chi connectivity index (χ1) is 8.44. The van der Waals surface area contributed by atoms with Crippen LogP contribution >= 0.6 is 23.1 Å². The minimum absolute atomic E-state index is 0.00119. The lowest BCUT2D eigenvalue weighted by molar-refractivity contribution is 0.633. The van der Waals surface area contributed by atoms with Gasteiger partial charge in [-0.15, -0.1) is 0 Å². The van der Waals surface area contributed by atoms with Gasteiger partial charge in [0, 0.05) is 28.5 Å². The van der Waals surface area contributed by atoms with Gasteiger partial charge in [-0.3, -0.25) is 0 Å². The maximum Gasteiger partial charge on any atom is 0.202 e. The molecule has 18 heavy (non-hydrogen) atoms. The van der Waals surface area contributed by atoms with E-state index in [4.69, 9.17) is 11.6 Å². The summed E-state index contributed by atoms with van der Waals surface area (Å²) >= 11 is 7.51. The lowest BCUT2D eigenvalue weighted by atomic mass is 10.1. The number of aromatic nitrogens is 2. The van der Waals surface area contributed by atoms with Crippen LogP contribution in [-0.4, -0.2) is 14.9 Å². The van der Waals surface area contributed by atoms with Gasteiger partial charge in [0.15, 0.2) is 0 Å². The highest BCUT2D eigenvalue weighted by Crippen LogP contribution is 2.21. The van der Waals surface area contributed by atoms with Crippen molar-refractivity contribution in [1.82, 2.24) is 9.36 Å². The Labute approximate surface area is 116 Å². The van der Waals surface area contributed by atoms with Crippen LogP contribution in [0.25, 0.3) is 0 Å². The zero-order valence-electron chi connectivity index (χ0n) is 10.7. The van der Waals surface area contributed by atoms with Crippen LogP contribution in [0.2, 0.25) is 5.02 Å². The molecular weight excluding hydrogens is 266 g/mol. The standard InChI is InChI=1S/C13H16ClN3S/c1-13(2,3)16-12-15-11(17-18-12)8-9-6-4-5-7-10(9)14/h4-7H,8H2,1-3H3,(H,15,16,17). The summed E-state index contributed by atoms with van der Waals surface area (Å²) in [6, 6.07) is 7.78. The quantitative estimate of drug-likeness (QED) is 0.924. The largest absolute Gasteiger partial charge is 0.356 e. The second kappa shape index (κ2) is 5.24. The minimum atomic E-state index is 0.00119. The Hall–Kier alpha value is -1.13. The van der Waals surface area contributed by atoms with E-state index in [-0.39, 0.29) is 5.54 Å². The monoisotopic (exact) mass is 281 g/mol. The van der Waals surface area contributed by atoms with Crippen LogP contribution in [0, 0.1) is 0 Å². The molecule has 2 aromatic rings. The second-order valence-electron chi connectivity index (χ2n) is 5.16. The summed E-state index contributed by atoms with van der Waals surface area (Å²) in [5.41, 5.74) is 1.06. The normalized spacial score (nSPS) is 11.6. The van der Waals surface area contributed by atoms with Crippen LogP contribution < -0.4 is 5.32 Å². The first kappa shape index (κ1) is 13.3. The van der Waals surface area contributed by atoms with Gasteiger partial charge in [-0.2, -0.15) is 4.37 Å². The van der Waals surface area contributed by atoms with Crippen molar-refractivity contribution >= 4 is 28.3 Å². The van der Waals surface area contributed by atoms with E-state index < -0.39 is 0 Å². The predicted octanol–water partition coefficient (Wildman–Crippen LogP) is 3.99. The number of nitrogens with one attached hydrogen (secondary N) is 1. The smallest absolute Gasteiger partial charge is 0.202 e. The van der Waals surface area contributed by atoms with Crippen molar-refractivity contribution in [3.63, 3.8) is 0 Å². The molecule has 1 aromatic carbocycles. The molecule has 0 fully saturated rings. The lowest BCUT2D eigenvalue weighted by Crippen LogP contribution is -2.25. The van der Waals surface area contributed by atoms with Gasteiger partial charge in [0.1, 0.15) is 5.82 Å². The molecule has 3 nitrogen and oxygen atoms in total. The van der Waals surface area contributed by atoms with Gasteiger partial charge in [0.05, 0.1) is 0 Å². The molecule has 2 rings (SSSR count). The number of anilines is 1. The topological polar surface area (TPSA) is 37.8 Å². The molecule has 0 aliphatic heterocycles. The van der Waals surface area contributed by atoms with Crippen LogP contribution in [0.3, 0.4) is 0 Å². The van der Waals surface area contributed by atoms with Crippen molar-refractivity contribution in [3.05, 3.63) is 40.7 Å². The third-order valence-electron chi connectivity index (χ3n) is 2.26. The van der Waals surface area contributed by atoms with E-state index in [1.54, 1.807) is 0 Å². The molecule has 5 heteroatoms. The molecule has 0 unspecified atom stereocenters. The van der Waals surface area contributed by atoms with Crippen molar-refractivity contribution in [2.45, 2.75) is 32.7 Å². The summed E-state index contributed by atoms with van der Waals surface area (Å²) in [7, 11) is 0. The van der Waals surface area contributed by atoms with E-state index in [2.05, 4.69) is 35.4 Å². The molecule has 1 aromatic heterocycles. The zero-order valence-corrected chi connectivity index (χ0v) is 12.3. The number of halogens is 1. The Morgan fingerprint density at radius 1 is 1.28 bits per heavy atom. The van der Waals surface area contributed by atoms with Gasteiger partial charge in [0.25, 0.3) is 0 Å². The molecule has 1 N–H and O–H groups in total. The van der Waals surface area contributed by atoms with Gasteiger partial charge >= 0.3 is 0 Å². The van der Waals surface area contributed by atoms with Crippen molar-refractivity contribution in [2.75, 3.05) is 5.32 Å². The van der Waals surface area contributed by atoms with Crippen molar-refractivity contribution in [3.8, 4) is 0 Å². The number of hydrogen-bond donors (Lipinski definition) is 1. The summed E-state index contributed by atoms with van der Waals surface area (Å²) in [6.45, 7) is 6.30. The third-order valence-corrected chi connectivity index (χ3v) is 3.29. The summed E-state index contributed by atoms with van der Waals surface area (Å²) in [6.07, 6.45) is 0.669. The Morgan fingerprint density at radius 2 is 2.00 bits per heavy atom. The fourth-order valence-corrected chi connectivity index (χ4v) is 2.51. The molecule has 0 atom stereocenters. The van der Waals surface area contributed by atoms with E-state index in [0.717, 1.165) is 21.5 Å². The van der Waals surface area contributed by atoms with Crippen molar-refractivity contribution in [1.29, 1.82) is 0 Å². The van der Waals surface area contributed by atoms with Crippen molar-refractivity contribution in [2.24, 2.45) is 0 Å². The number of nitrogens with zero attached hydrogens (tertiary/aromatic N) is 2. The summed E-state index contributed by atoms with van der Waals surface area (Å²) < 4.78 is 4.35. The molecule has 0 amide bonds. The molecule has 0 radical (unpaired) electrons. The Kier molecular flexibility index (Phi) is 3.88. The summed E-state index contributed by atoms with van der Waals surface area (Å²) in [5, 5.41) is 4.93. The predicted molar refractivity (Wildman–Crippen MR) is 77.5 cm³/mol. The van der Waals surface area contributed by atoms with E-state index in [1.165, 1.54) is 11.5 Å². The molecule has 0 saturated heterocycles. The van der Waals surface area contributed by atoms with Gasteiger partial charge in [0.2, 0.25) is 5.13 Å². The van der Waals surface area contributed by atoms with Crippen LogP contribution in [0.5, 0.6) is 0 Å². The van der Waals surface area contributed by atoms with Gasteiger partial charge in [-0.05, 0) is 32.4 Å². The second-order valence-corrected chi connectivity index (χ2v) is 6.32. The highest BCUT2D eigenvalue weighted by atomic mass is 35.5. The van der Waals surface area contributed by atoms with Gasteiger partial charge in [-0.25, -0.2) is 4.98 Å². The Morgan fingerprint density at radius 3 is 2.67 bits per heavy atom. The number of hydrogen-bond acceptors (Lipinski definition) is 4. The SMILES string of the molecule is CC(C)(C)Nc1nc(Cc2ccccc2Cl)ns1. The highest BCUT2D eigenvalue weighted by molar-refractivity contribution is 7.09. The molecule has 0 bridgehead atoms. The molecule has 96 valence electrons. The first-order valence-corrected chi connectivity index (χ1v) is 6.93. The fraction of sp³-hybridized carbons (Fsp3) is 0.385. The Bertz CT molecular complexity index is 531. The maximum absolute atomic E-state index is 6.12. The van der Waals surface area contributed by atoms with Crippen LogP contribution in [0.15, 0.2) is 24.3 Å².